The first kappa shape index (κ1) is 98.9. The van der Waals surface area contributed by atoms with E-state index < -0.39 is 64.0 Å². The van der Waals surface area contributed by atoms with Gasteiger partial charge in [-0.1, -0.05) is 199 Å². The number of aliphatic hydroxyl groups is 5. The van der Waals surface area contributed by atoms with E-state index in [2.05, 4.69) is 89.4 Å². The van der Waals surface area contributed by atoms with Crippen LogP contribution in [0.2, 0.25) is 0 Å². The van der Waals surface area contributed by atoms with Gasteiger partial charge < -0.3 is 74.0 Å². The van der Waals surface area contributed by atoms with E-state index >= 15 is 0 Å². The van der Waals surface area contributed by atoms with E-state index in [0.29, 0.717) is 68.8 Å². The molecular formula is C87H130O20S. The zero-order valence-corrected chi connectivity index (χ0v) is 67.4. The molecule has 20 nitrogen and oxygen atoms in total. The first-order valence-corrected chi connectivity index (χ1v) is 38.7. The Hall–Kier alpha value is -7.12. The molecule has 21 heteroatoms. The summed E-state index contributed by atoms with van der Waals surface area (Å²) in [5.41, 5.74) is 3.63. The summed E-state index contributed by atoms with van der Waals surface area (Å²) in [4.78, 5) is 57.0. The van der Waals surface area contributed by atoms with E-state index in [1.54, 1.807) is 27.7 Å². The van der Waals surface area contributed by atoms with Crippen LogP contribution in [0.25, 0.3) is 6.08 Å². The molecule has 0 aliphatic carbocycles. The number of aliphatic hydroxyl groups excluding tert-OH is 5. The average molecular weight is 1530 g/mol. The van der Waals surface area contributed by atoms with Gasteiger partial charge in [0.2, 0.25) is 0 Å². The monoisotopic (exact) mass is 1530 g/mol. The molecule has 0 amide bonds. The lowest BCUT2D eigenvalue weighted by Crippen LogP contribution is -2.32. The second-order valence-electron chi connectivity index (χ2n) is 29.5. The number of ether oxygens (including phenoxy) is 7. The summed E-state index contributed by atoms with van der Waals surface area (Å²) in [5, 5.41) is 73.9. The van der Waals surface area contributed by atoms with Gasteiger partial charge in [-0.3, -0.25) is 19.2 Å². The number of epoxide rings is 1. The summed E-state index contributed by atoms with van der Waals surface area (Å²) >= 11 is 1.33. The fourth-order valence-electron chi connectivity index (χ4n) is 10.8. The van der Waals surface area contributed by atoms with Gasteiger partial charge in [0, 0.05) is 17.1 Å². The van der Waals surface area contributed by atoms with Crippen LogP contribution in [0.1, 0.15) is 193 Å². The summed E-state index contributed by atoms with van der Waals surface area (Å²) < 4.78 is 37.1. The maximum atomic E-state index is 12.6. The minimum Gasteiger partial charge on any atom is -0.481 e. The highest BCUT2D eigenvalue weighted by atomic mass is 32.2. The zero-order chi connectivity index (χ0) is 81.1. The van der Waals surface area contributed by atoms with Crippen LogP contribution in [0.15, 0.2) is 170 Å². The number of hydrogen-bond acceptors (Lipinski definition) is 18. The third kappa shape index (κ3) is 44.5. The molecule has 604 valence electrons. The lowest BCUT2D eigenvalue weighted by Gasteiger charge is -2.28. The van der Waals surface area contributed by atoms with E-state index in [4.69, 9.17) is 53.6 Å². The molecule has 1 saturated heterocycles. The SMILES string of the molecule is C=C(C)C(=O)O.C=Cc1ccccc1.CCC(CC(C)(C)C(=O)O)c1ccccc1.CCC(CC(C)(C)C(=O)O)c1ccccc1.CCC(CC(C)(C)C(=O)OCC(O)COCCOCC(O)CSCC(O)CO)c1ccccc1.CCC(CC(C)(C)C(=O)OCC(O)COCCOCC1CO1)c1ccccc1. The fraction of sp³-hybridized carbons (Fsp3) is 0.552. The third-order valence-corrected chi connectivity index (χ3v) is 19.0. The largest absolute Gasteiger partial charge is 0.481 e. The quantitative estimate of drug-likeness (QED) is 0.00777. The summed E-state index contributed by atoms with van der Waals surface area (Å²) in [5.74, 6) is -1.08. The van der Waals surface area contributed by atoms with Crippen molar-refractivity contribution < 1.29 is 98.0 Å². The molecule has 1 heterocycles. The molecular weight excluding hydrogens is 1400 g/mol. The van der Waals surface area contributed by atoms with Gasteiger partial charge in [0.15, 0.2) is 0 Å². The van der Waals surface area contributed by atoms with Crippen LogP contribution >= 0.6 is 11.8 Å². The van der Waals surface area contributed by atoms with Gasteiger partial charge in [-0.25, -0.2) is 4.79 Å². The second kappa shape index (κ2) is 55.3. The molecule has 0 radical (unpaired) electrons. The highest BCUT2D eigenvalue weighted by Crippen LogP contribution is 2.38. The molecule has 0 saturated carbocycles. The Morgan fingerprint density at radius 3 is 1.00 bits per heavy atom. The van der Waals surface area contributed by atoms with E-state index in [-0.39, 0.29) is 88.3 Å². The highest BCUT2D eigenvalue weighted by Gasteiger charge is 2.36. The number of aliphatic carboxylic acids is 3. The van der Waals surface area contributed by atoms with Gasteiger partial charge in [-0.2, -0.15) is 11.8 Å². The van der Waals surface area contributed by atoms with Crippen molar-refractivity contribution in [3.05, 3.63) is 198 Å². The van der Waals surface area contributed by atoms with Crippen LogP contribution < -0.4 is 0 Å². The van der Waals surface area contributed by atoms with Crippen LogP contribution in [0.3, 0.4) is 0 Å². The van der Waals surface area contributed by atoms with Gasteiger partial charge in [0.05, 0.1) is 99.9 Å². The molecule has 108 heavy (non-hydrogen) atoms. The van der Waals surface area contributed by atoms with Crippen molar-refractivity contribution in [2.24, 2.45) is 21.7 Å². The Bertz CT molecular complexity index is 3120. The maximum absolute atomic E-state index is 12.6. The smallest absolute Gasteiger partial charge is 0.330 e. The first-order chi connectivity index (χ1) is 51.1. The Morgan fingerprint density at radius 1 is 0.463 bits per heavy atom. The zero-order valence-electron chi connectivity index (χ0n) is 66.6. The first-order valence-electron chi connectivity index (χ1n) is 37.5. The van der Waals surface area contributed by atoms with Crippen LogP contribution in [0.4, 0.5) is 0 Å². The van der Waals surface area contributed by atoms with Crippen molar-refractivity contribution in [1.29, 1.82) is 0 Å². The Balaban J connectivity index is 0.000000701. The lowest BCUT2D eigenvalue weighted by molar-refractivity contribution is -0.159. The number of esters is 2. The topological polar surface area (TPSA) is 315 Å². The summed E-state index contributed by atoms with van der Waals surface area (Å²) in [6, 6.07) is 50.7. The molecule has 9 atom stereocenters. The van der Waals surface area contributed by atoms with Gasteiger partial charge in [0.25, 0.3) is 0 Å². The number of benzene rings is 5. The van der Waals surface area contributed by atoms with Gasteiger partial charge >= 0.3 is 29.8 Å². The van der Waals surface area contributed by atoms with Crippen molar-refractivity contribution in [1.82, 2.24) is 0 Å². The van der Waals surface area contributed by atoms with E-state index in [1.807, 2.05) is 137 Å². The molecule has 9 unspecified atom stereocenters. The summed E-state index contributed by atoms with van der Waals surface area (Å²) in [6.45, 7) is 33.8. The van der Waals surface area contributed by atoms with E-state index in [9.17, 15) is 44.4 Å². The molecule has 8 N–H and O–H groups in total. The van der Waals surface area contributed by atoms with Crippen molar-refractivity contribution in [2.75, 3.05) is 90.8 Å². The number of carbonyl (C=O) groups is 5. The molecule has 1 aliphatic heterocycles. The van der Waals surface area contributed by atoms with E-state index in [0.717, 1.165) is 32.3 Å². The molecule has 0 aromatic heterocycles. The second-order valence-corrected chi connectivity index (χ2v) is 30.6. The number of carboxylic acid groups (broad SMARTS) is 3. The molecule has 6 rings (SSSR count). The average Bonchev–Trinajstić information content (AvgIpc) is 0.855. The number of carbonyl (C=O) groups excluding carboxylic acids is 2. The summed E-state index contributed by atoms with van der Waals surface area (Å²) in [6.07, 6.45) is 5.36. The van der Waals surface area contributed by atoms with E-state index in [1.165, 1.54) is 46.5 Å². The minimum atomic E-state index is -0.935. The number of rotatable bonds is 45. The molecule has 5 aromatic rings. The van der Waals surface area contributed by atoms with Crippen molar-refractivity contribution >= 4 is 47.7 Å². The van der Waals surface area contributed by atoms with Crippen LogP contribution in [0, 0.1) is 21.7 Å². The minimum absolute atomic E-state index is 0.0100. The lowest BCUT2D eigenvalue weighted by atomic mass is 9.79. The molecule has 1 aliphatic rings. The Kier molecular flexibility index (Phi) is 50.6. The number of thioether (sulfide) groups is 1. The predicted molar refractivity (Wildman–Crippen MR) is 429 cm³/mol. The number of hydrogen-bond donors (Lipinski definition) is 8. The van der Waals surface area contributed by atoms with Crippen LogP contribution in [-0.4, -0.2) is 192 Å². The van der Waals surface area contributed by atoms with Crippen LogP contribution in [0.5, 0.6) is 0 Å². The molecule has 1 fully saturated rings. The maximum Gasteiger partial charge on any atom is 0.330 e. The molecule has 0 bridgehead atoms. The Morgan fingerprint density at radius 2 is 0.741 bits per heavy atom. The van der Waals surface area contributed by atoms with Gasteiger partial charge in [-0.05, 0) is 165 Å². The summed E-state index contributed by atoms with van der Waals surface area (Å²) in [7, 11) is 0. The molecule has 5 aromatic carbocycles. The van der Waals surface area contributed by atoms with Crippen molar-refractivity contribution in [3.63, 3.8) is 0 Å². The van der Waals surface area contributed by atoms with Crippen molar-refractivity contribution in [2.45, 2.75) is 196 Å². The van der Waals surface area contributed by atoms with Crippen molar-refractivity contribution in [3.8, 4) is 0 Å². The normalized spacial score (nSPS) is 14.7. The number of carboxylic acids is 3. The van der Waals surface area contributed by atoms with Gasteiger partial charge in [-0.15, -0.1) is 0 Å². The van der Waals surface area contributed by atoms with Crippen LogP contribution in [-0.2, 0) is 57.1 Å². The fourth-order valence-corrected chi connectivity index (χ4v) is 11.7. The Labute approximate surface area is 648 Å². The third-order valence-electron chi connectivity index (χ3n) is 17.8. The van der Waals surface area contributed by atoms with Gasteiger partial charge in [0.1, 0.15) is 31.5 Å². The standard InChI is InChI=1S/C25H42O8S.C22H34O6.2C14H20O2.C8H8.C4H6O2/c1-4-19(20-8-6-5-7-9-20)12-25(2,3)24(30)33-16-22(28)14-31-10-11-32-15-23(29)18-34-17-21(27)13-26;1-4-17(18-8-6-5-7-9-18)12-22(2,3)21(24)28-14-19(23)13-25-10-11-26-15-20-16-27-20;2*1-4-11(10-14(2,3)13(15)16)12-8-6-5-7-9-12;1-2-8-6-4-3-5-7-8;1-3(2)4(5)6/h5-9,19,21-23,26-29H,4,10-18H2,1-3H3;5-9,17,19-20,23H,4,10-16H2,1-3H3;2*5-9,11H,4,10H2,1-3H3,(H,15,16);2-7H,1H2;1H2,2H3,(H,5,6). The highest BCUT2D eigenvalue weighted by molar-refractivity contribution is 7.99. The predicted octanol–water partition coefficient (Wildman–Crippen LogP) is 15.3. The molecule has 0 spiro atoms.